The van der Waals surface area contributed by atoms with E-state index < -0.39 is 33.5 Å². The van der Waals surface area contributed by atoms with Crippen LogP contribution < -0.4 is 21.8 Å². The smallest absolute Gasteiger partial charge is 0.318 e. The zero-order valence-corrected chi connectivity index (χ0v) is 23.4. The van der Waals surface area contributed by atoms with Crippen LogP contribution in [0, 0.1) is 6.92 Å². The van der Waals surface area contributed by atoms with Gasteiger partial charge in [-0.25, -0.2) is 28.2 Å². The minimum Gasteiger partial charge on any atom is -0.318 e. The highest BCUT2D eigenvalue weighted by Crippen LogP contribution is 2.37. The Hall–Kier alpha value is -3.61. The summed E-state index contributed by atoms with van der Waals surface area (Å²) in [4.78, 5) is 31.9. The van der Waals surface area contributed by atoms with E-state index in [0.717, 1.165) is 34.2 Å². The Morgan fingerprint density at radius 3 is 2.58 bits per heavy atom. The summed E-state index contributed by atoms with van der Waals surface area (Å²) in [5.74, 6) is 6.09. The fraction of sp³-hybridized carbons (Fsp3) is 0.393. The molecule has 212 valence electrons. The molecule has 5 rings (SSSR count). The van der Waals surface area contributed by atoms with Crippen LogP contribution in [0.3, 0.4) is 0 Å². The van der Waals surface area contributed by atoms with Gasteiger partial charge in [-0.3, -0.25) is 18.9 Å². The van der Waals surface area contributed by atoms with Crippen molar-refractivity contribution in [3.63, 3.8) is 0 Å². The number of rotatable bonds is 9. The molecule has 0 radical (unpaired) electrons. The summed E-state index contributed by atoms with van der Waals surface area (Å²) in [6.07, 6.45) is 8.78. The molecule has 1 saturated carbocycles. The van der Waals surface area contributed by atoms with Crippen LogP contribution in [0.25, 0.3) is 10.9 Å². The molecule has 0 atom stereocenters. The second-order valence-corrected chi connectivity index (χ2v) is 12.3. The number of halogens is 1. The molecule has 0 saturated heterocycles. The van der Waals surface area contributed by atoms with E-state index >= 15 is 0 Å². The lowest BCUT2D eigenvalue weighted by atomic mass is 10.1. The SMILES string of the molecule is Cc1ccc(Cn2c(=O)n(CC3=C(N(C)N)CCCC=C3)c(=O)c3cc(S(=O)(=O)NC4(CF)CC4)ccc32)nc1. The van der Waals surface area contributed by atoms with Crippen molar-refractivity contribution < 1.29 is 12.8 Å². The van der Waals surface area contributed by atoms with Crippen molar-refractivity contribution in [3.05, 3.63) is 92.0 Å². The zero-order chi connectivity index (χ0) is 28.7. The van der Waals surface area contributed by atoms with Crippen LogP contribution in [-0.4, -0.2) is 46.8 Å². The lowest BCUT2D eigenvalue weighted by Gasteiger charge is -2.21. The molecule has 0 unspecified atom stereocenters. The number of alkyl halides is 1. The first-order chi connectivity index (χ1) is 19.0. The first-order valence-corrected chi connectivity index (χ1v) is 14.7. The van der Waals surface area contributed by atoms with Gasteiger partial charge in [0.15, 0.2) is 0 Å². The molecule has 40 heavy (non-hydrogen) atoms. The quantitative estimate of drug-likeness (QED) is 0.299. The maximum absolute atomic E-state index is 13.9. The highest BCUT2D eigenvalue weighted by atomic mass is 32.2. The third-order valence-electron chi connectivity index (χ3n) is 7.49. The minimum absolute atomic E-state index is 0.0392. The van der Waals surface area contributed by atoms with Crippen LogP contribution in [0.1, 0.15) is 43.4 Å². The van der Waals surface area contributed by atoms with Crippen molar-refractivity contribution in [1.29, 1.82) is 0 Å². The van der Waals surface area contributed by atoms with Crippen molar-refractivity contribution in [2.45, 2.75) is 62.6 Å². The van der Waals surface area contributed by atoms with Crippen LogP contribution in [-0.2, 0) is 23.1 Å². The number of fused-ring (bicyclic) bond motifs is 1. The molecular formula is C28H33FN6O4S. The zero-order valence-electron chi connectivity index (χ0n) is 22.6. The van der Waals surface area contributed by atoms with E-state index in [1.807, 2.05) is 25.1 Å². The molecule has 2 aliphatic rings. The van der Waals surface area contributed by atoms with Gasteiger partial charge in [-0.2, -0.15) is 0 Å². The van der Waals surface area contributed by atoms with Gasteiger partial charge >= 0.3 is 5.69 Å². The summed E-state index contributed by atoms with van der Waals surface area (Å²) in [5.41, 5.74) is 1.12. The molecule has 3 N–H and O–H groups in total. The van der Waals surface area contributed by atoms with Gasteiger partial charge in [0.2, 0.25) is 10.0 Å². The van der Waals surface area contributed by atoms with Crippen LogP contribution in [0.4, 0.5) is 4.39 Å². The molecule has 2 heterocycles. The topological polar surface area (TPSA) is 132 Å². The highest BCUT2D eigenvalue weighted by molar-refractivity contribution is 7.89. The lowest BCUT2D eigenvalue weighted by molar-refractivity contribution is 0.393. The maximum Gasteiger partial charge on any atom is 0.332 e. The van der Waals surface area contributed by atoms with E-state index in [1.165, 1.54) is 27.8 Å². The van der Waals surface area contributed by atoms with E-state index in [9.17, 15) is 22.4 Å². The van der Waals surface area contributed by atoms with Crippen LogP contribution in [0.2, 0.25) is 0 Å². The van der Waals surface area contributed by atoms with E-state index in [4.69, 9.17) is 5.84 Å². The first kappa shape index (κ1) is 27.9. The third-order valence-corrected chi connectivity index (χ3v) is 9.06. The number of hydrogen-bond acceptors (Lipinski definition) is 7. The molecule has 1 aromatic carbocycles. The van der Waals surface area contributed by atoms with Gasteiger partial charge in [-0.15, -0.1) is 0 Å². The number of hydrazine groups is 1. The largest absolute Gasteiger partial charge is 0.332 e. The van der Waals surface area contributed by atoms with E-state index in [0.29, 0.717) is 25.0 Å². The second-order valence-electron chi connectivity index (χ2n) is 10.7. The van der Waals surface area contributed by atoms with E-state index in [1.54, 1.807) is 19.3 Å². The lowest BCUT2D eigenvalue weighted by Crippen LogP contribution is -2.41. The summed E-state index contributed by atoms with van der Waals surface area (Å²) in [6, 6.07) is 7.72. The molecular weight excluding hydrogens is 535 g/mol. The average Bonchev–Trinajstić information content (AvgIpc) is 3.73. The monoisotopic (exact) mass is 568 g/mol. The van der Waals surface area contributed by atoms with Crippen molar-refractivity contribution in [1.82, 2.24) is 23.8 Å². The summed E-state index contributed by atoms with van der Waals surface area (Å²) in [6.45, 7) is 1.13. The van der Waals surface area contributed by atoms with Gasteiger partial charge in [-0.05, 0) is 74.4 Å². The number of aromatic nitrogens is 3. The number of nitrogens with one attached hydrogen (secondary N) is 1. The number of aryl methyl sites for hydroxylation is 1. The fourth-order valence-electron chi connectivity index (χ4n) is 4.96. The molecule has 12 heteroatoms. The summed E-state index contributed by atoms with van der Waals surface area (Å²) < 4.78 is 44.7. The van der Waals surface area contributed by atoms with Crippen molar-refractivity contribution in [3.8, 4) is 0 Å². The molecule has 2 aromatic heterocycles. The summed E-state index contributed by atoms with van der Waals surface area (Å²) in [5, 5.41) is 1.56. The molecule has 0 aliphatic heterocycles. The predicted octanol–water partition coefficient (Wildman–Crippen LogP) is 2.50. The second kappa shape index (κ2) is 10.8. The Balaban J connectivity index is 1.69. The maximum atomic E-state index is 13.9. The van der Waals surface area contributed by atoms with Gasteiger partial charge < -0.3 is 5.01 Å². The Morgan fingerprint density at radius 2 is 1.93 bits per heavy atom. The third kappa shape index (κ3) is 5.51. The minimum atomic E-state index is -4.11. The van der Waals surface area contributed by atoms with Crippen LogP contribution >= 0.6 is 0 Å². The number of pyridine rings is 1. The Labute approximate surface area is 231 Å². The van der Waals surface area contributed by atoms with Gasteiger partial charge in [0, 0.05) is 18.9 Å². The summed E-state index contributed by atoms with van der Waals surface area (Å²) in [7, 11) is -2.39. The van der Waals surface area contributed by atoms with Crippen molar-refractivity contribution >= 4 is 20.9 Å². The van der Waals surface area contributed by atoms with Crippen LogP contribution in [0.15, 0.2) is 74.4 Å². The van der Waals surface area contributed by atoms with E-state index in [2.05, 4.69) is 9.71 Å². The van der Waals surface area contributed by atoms with Crippen LogP contribution in [0.5, 0.6) is 0 Å². The predicted molar refractivity (Wildman–Crippen MR) is 151 cm³/mol. The average molecular weight is 569 g/mol. The normalized spacial score (nSPS) is 16.8. The Morgan fingerprint density at radius 1 is 1.15 bits per heavy atom. The number of nitrogens with two attached hydrogens (primary N) is 1. The Bertz CT molecular complexity index is 1740. The standard InChI is InChI=1S/C28H33FN6O4S/c1-19-8-9-21(31-15-19)17-34-25-11-10-22(40(38,39)32-28(18-29)12-13-28)14-23(25)26(36)35(27(34)37)16-20-6-4-3-5-7-24(20)33(2)30/h4,6,8-11,14-15,32H,3,5,7,12-13,16-18,30H2,1-2H3. The molecule has 3 aromatic rings. The number of sulfonamides is 1. The van der Waals surface area contributed by atoms with Gasteiger partial charge in [0.05, 0.1) is 40.1 Å². The highest BCUT2D eigenvalue weighted by Gasteiger charge is 2.46. The number of benzene rings is 1. The molecule has 10 nitrogen and oxygen atoms in total. The number of allylic oxidation sites excluding steroid dienone is 4. The molecule has 1 fully saturated rings. The van der Waals surface area contributed by atoms with Gasteiger partial charge in [0.25, 0.3) is 5.56 Å². The Kier molecular flexibility index (Phi) is 7.51. The summed E-state index contributed by atoms with van der Waals surface area (Å²) >= 11 is 0. The molecule has 0 bridgehead atoms. The van der Waals surface area contributed by atoms with Crippen molar-refractivity contribution in [2.24, 2.45) is 5.84 Å². The van der Waals surface area contributed by atoms with E-state index in [-0.39, 0.29) is 28.9 Å². The number of nitrogens with zero attached hydrogens (tertiary/aromatic N) is 4. The molecule has 2 aliphatic carbocycles. The number of hydrogen-bond donors (Lipinski definition) is 2. The van der Waals surface area contributed by atoms with Crippen molar-refractivity contribution in [2.75, 3.05) is 13.7 Å². The fourth-order valence-corrected chi connectivity index (χ4v) is 6.43. The van der Waals surface area contributed by atoms with Gasteiger partial charge in [-0.1, -0.05) is 18.2 Å². The first-order valence-electron chi connectivity index (χ1n) is 13.2. The van der Waals surface area contributed by atoms with Gasteiger partial charge in [0.1, 0.15) is 6.67 Å². The molecule has 0 spiro atoms. The molecule has 0 amide bonds.